The molecule has 0 rings (SSSR count). The third kappa shape index (κ3) is 15.2. The summed E-state index contributed by atoms with van der Waals surface area (Å²) in [6.45, 7) is 9.76. The molecule has 0 aromatic rings. The summed E-state index contributed by atoms with van der Waals surface area (Å²) in [7, 11) is 0. The molecule has 0 fully saturated rings. The molecular weight excluding hydrogens is 368 g/mol. The Hall–Kier alpha value is 0.394. The van der Waals surface area contributed by atoms with Gasteiger partial charge in [0.2, 0.25) is 0 Å². The fraction of sp³-hybridized carbons (Fsp3) is 1.00. The van der Waals surface area contributed by atoms with Gasteiger partial charge in [-0.05, 0) is 0 Å². The molecule has 0 atom stereocenters. The van der Waals surface area contributed by atoms with E-state index < -0.39 is 18.1 Å². The molecule has 0 aliphatic heterocycles. The Morgan fingerprint density at radius 2 is 0.680 bits per heavy atom. The Bertz CT molecular complexity index is 217. The molecule has 8 nitrogen and oxygen atoms in total. The maximum absolute atomic E-state index is 5.32. The van der Waals surface area contributed by atoms with Crippen molar-refractivity contribution in [1.29, 1.82) is 0 Å². The van der Waals surface area contributed by atoms with E-state index >= 15 is 0 Å². The van der Waals surface area contributed by atoms with E-state index in [9.17, 15) is 0 Å². The van der Waals surface area contributed by atoms with Crippen LogP contribution in [0.1, 0.15) is 79.1 Å². The summed E-state index contributed by atoms with van der Waals surface area (Å²) in [5.41, 5.74) is 0. The Labute approximate surface area is 157 Å². The number of rotatable bonds is 20. The Kier molecular flexibility index (Phi) is 19.5. The topological polar surface area (TPSA) is 73.8 Å². The van der Waals surface area contributed by atoms with E-state index in [1.54, 1.807) is 0 Å². The van der Waals surface area contributed by atoms with Crippen LogP contribution in [0, 0.1) is 0 Å². The molecule has 0 radical (unpaired) electrons. The Morgan fingerprint density at radius 3 is 0.880 bits per heavy atom. The molecule has 0 unspecified atom stereocenters. The van der Waals surface area contributed by atoms with Crippen LogP contribution >= 0.6 is 0 Å². The van der Waals surface area contributed by atoms with E-state index in [-0.39, 0.29) is 0 Å². The van der Waals surface area contributed by atoms with Crippen molar-refractivity contribution in [3.05, 3.63) is 0 Å². The molecule has 0 saturated carbocycles. The van der Waals surface area contributed by atoms with Crippen LogP contribution in [0.25, 0.3) is 0 Å². The van der Waals surface area contributed by atoms with Crippen LogP contribution in [0.4, 0.5) is 0 Å². The van der Waals surface area contributed by atoms with Crippen molar-refractivity contribution in [2.45, 2.75) is 79.1 Å². The van der Waals surface area contributed by atoms with Gasteiger partial charge in [-0.2, -0.15) is 0 Å². The quantitative estimate of drug-likeness (QED) is 0.124. The monoisotopic (exact) mass is 404 g/mol. The third-order valence-corrected chi connectivity index (χ3v) is 4.98. The maximum atomic E-state index is 5.32. The Morgan fingerprint density at radius 1 is 0.440 bits per heavy atom. The molecule has 0 amide bonds. The van der Waals surface area contributed by atoms with Crippen LogP contribution in [0.15, 0.2) is 0 Å². The van der Waals surface area contributed by atoms with Crippen LogP contribution in [0.2, 0.25) is 0 Å². The summed E-state index contributed by atoms with van der Waals surface area (Å²) >= 11 is -4.48. The van der Waals surface area contributed by atoms with Gasteiger partial charge in [0.25, 0.3) is 0 Å². The van der Waals surface area contributed by atoms with Gasteiger partial charge < -0.3 is 0 Å². The molecule has 0 spiro atoms. The zero-order chi connectivity index (χ0) is 18.6. The third-order valence-electron chi connectivity index (χ3n) is 2.97. The minimum atomic E-state index is -4.48. The zero-order valence-electron chi connectivity index (χ0n) is 16.3. The average Bonchev–Trinajstić information content (AvgIpc) is 2.63. The number of unbranched alkanes of at least 4 members (excludes halogenated alkanes) is 4. The molecule has 0 aliphatic rings. The van der Waals surface area contributed by atoms with Crippen LogP contribution in [0.3, 0.4) is 0 Å². The molecule has 0 bridgehead atoms. The van der Waals surface area contributed by atoms with Crippen LogP contribution in [-0.4, -0.2) is 26.4 Å². The van der Waals surface area contributed by atoms with Crippen LogP contribution in [-0.2, 0) is 51.6 Å². The first kappa shape index (κ1) is 25.4. The zero-order valence-corrected chi connectivity index (χ0v) is 17.8. The number of hydrogen-bond acceptors (Lipinski definition) is 8. The van der Waals surface area contributed by atoms with Crippen molar-refractivity contribution >= 4 is 0 Å². The fourth-order valence-corrected chi connectivity index (χ4v) is 3.03. The summed E-state index contributed by atoms with van der Waals surface area (Å²) in [5, 5.41) is 0. The molecule has 0 N–H and O–H groups in total. The molecule has 0 aliphatic carbocycles. The second-order valence-electron chi connectivity index (χ2n) is 5.54. The van der Waals surface area contributed by atoms with Gasteiger partial charge in [0.05, 0.1) is 0 Å². The standard InChI is InChI=1S/4C4H10O2.Ti/c4*1-2-3-4-6-5;/h4*5H,2-4H2,1H3;/q;;;;+4/p-4. The van der Waals surface area contributed by atoms with E-state index in [2.05, 4.69) is 27.7 Å². The van der Waals surface area contributed by atoms with E-state index in [0.717, 1.165) is 51.4 Å². The molecule has 0 heterocycles. The van der Waals surface area contributed by atoms with Crippen LogP contribution in [0.5, 0.6) is 0 Å². The average molecular weight is 404 g/mol. The van der Waals surface area contributed by atoms with Crippen molar-refractivity contribution in [2.24, 2.45) is 0 Å². The first-order chi connectivity index (χ1) is 12.2. The van der Waals surface area contributed by atoms with Gasteiger partial charge in [0, 0.05) is 0 Å². The summed E-state index contributed by atoms with van der Waals surface area (Å²) in [6.07, 6.45) is 7.23. The van der Waals surface area contributed by atoms with Gasteiger partial charge in [-0.25, -0.2) is 0 Å². The summed E-state index contributed by atoms with van der Waals surface area (Å²) in [6, 6.07) is 0. The summed E-state index contributed by atoms with van der Waals surface area (Å²) in [4.78, 5) is 20.7. The first-order valence-corrected chi connectivity index (χ1v) is 12.0. The fourth-order valence-electron chi connectivity index (χ4n) is 1.35. The van der Waals surface area contributed by atoms with E-state index in [0.29, 0.717) is 26.4 Å². The number of hydrogen-bond donors (Lipinski definition) is 0. The second kappa shape index (κ2) is 19.2. The molecule has 0 aromatic heterocycles. The van der Waals surface area contributed by atoms with E-state index in [4.69, 9.17) is 33.4 Å². The molecule has 0 saturated heterocycles. The Balaban J connectivity index is 4.62. The van der Waals surface area contributed by atoms with Gasteiger partial charge in [-0.15, -0.1) is 0 Å². The van der Waals surface area contributed by atoms with Gasteiger partial charge in [0.15, 0.2) is 0 Å². The van der Waals surface area contributed by atoms with Crippen molar-refractivity contribution < 1.29 is 51.6 Å². The van der Waals surface area contributed by atoms with Gasteiger partial charge in [0.1, 0.15) is 0 Å². The van der Waals surface area contributed by atoms with Gasteiger partial charge in [-0.1, -0.05) is 0 Å². The predicted molar refractivity (Wildman–Crippen MR) is 87.8 cm³/mol. The first-order valence-electron chi connectivity index (χ1n) is 9.47. The SMILES string of the molecule is CCCCO[O][Ti]([O]OCCCC)([O]OCCCC)[O]OCCCC. The summed E-state index contributed by atoms with van der Waals surface area (Å²) < 4.78 is 21.3. The molecule has 9 heteroatoms. The predicted octanol–water partition coefficient (Wildman–Crippen LogP) is 4.79. The molecule has 25 heavy (non-hydrogen) atoms. The van der Waals surface area contributed by atoms with Crippen molar-refractivity contribution in [3.63, 3.8) is 0 Å². The summed E-state index contributed by atoms with van der Waals surface area (Å²) in [5.74, 6) is 0. The minimum absolute atomic E-state index is 0.387. The van der Waals surface area contributed by atoms with E-state index in [1.165, 1.54) is 0 Å². The van der Waals surface area contributed by atoms with E-state index in [1.807, 2.05) is 0 Å². The van der Waals surface area contributed by atoms with Crippen LogP contribution < -0.4 is 0 Å². The van der Waals surface area contributed by atoms with Crippen molar-refractivity contribution in [1.82, 2.24) is 0 Å². The van der Waals surface area contributed by atoms with Gasteiger partial charge in [-0.3, -0.25) is 0 Å². The van der Waals surface area contributed by atoms with Crippen molar-refractivity contribution in [2.75, 3.05) is 26.4 Å². The van der Waals surface area contributed by atoms with Crippen molar-refractivity contribution in [3.8, 4) is 0 Å². The second-order valence-corrected chi connectivity index (χ2v) is 8.14. The molecular formula is C16H36O8Ti. The molecule has 0 aromatic carbocycles. The van der Waals surface area contributed by atoms with Gasteiger partial charge >= 0.3 is 157 Å². The molecule has 152 valence electrons. The normalized spacial score (nSPS) is 12.0.